The molecule has 0 amide bonds. The van der Waals surface area contributed by atoms with Gasteiger partial charge in [0.05, 0.1) is 12.8 Å². The van der Waals surface area contributed by atoms with Crippen molar-refractivity contribution in [3.05, 3.63) is 35.4 Å². The zero-order chi connectivity index (χ0) is 17.5. The van der Waals surface area contributed by atoms with Crippen LogP contribution in [0.25, 0.3) is 6.08 Å². The SMILES string of the molecule is COc1ccc(/C=C2\CCCC\C2=N/OC[C@@H](O)CNC2CC2)cc1. The van der Waals surface area contributed by atoms with Gasteiger partial charge in [-0.25, -0.2) is 0 Å². The highest BCUT2D eigenvalue weighted by molar-refractivity contribution is 6.04. The Bertz CT molecular complexity index is 606. The molecule has 0 heterocycles. The number of nitrogens with zero attached hydrogens (tertiary/aromatic N) is 1. The van der Waals surface area contributed by atoms with Gasteiger partial charge in [-0.1, -0.05) is 17.3 Å². The minimum absolute atomic E-state index is 0.235. The lowest BCUT2D eigenvalue weighted by molar-refractivity contribution is 0.0398. The van der Waals surface area contributed by atoms with Crippen LogP contribution in [-0.4, -0.2) is 43.2 Å². The number of hydrogen-bond acceptors (Lipinski definition) is 5. The molecular formula is C20H28N2O3. The molecule has 0 aliphatic heterocycles. The zero-order valence-corrected chi connectivity index (χ0v) is 14.9. The maximum absolute atomic E-state index is 9.92. The average Bonchev–Trinajstić information content (AvgIpc) is 3.46. The monoisotopic (exact) mass is 344 g/mol. The predicted molar refractivity (Wildman–Crippen MR) is 99.9 cm³/mol. The van der Waals surface area contributed by atoms with E-state index < -0.39 is 6.10 Å². The van der Waals surface area contributed by atoms with Crippen molar-refractivity contribution < 1.29 is 14.7 Å². The molecule has 2 aliphatic rings. The molecule has 0 bridgehead atoms. The largest absolute Gasteiger partial charge is 0.497 e. The van der Waals surface area contributed by atoms with Gasteiger partial charge in [0.25, 0.3) is 0 Å². The van der Waals surface area contributed by atoms with Gasteiger partial charge in [-0.05, 0) is 67.9 Å². The Balaban J connectivity index is 1.56. The fourth-order valence-corrected chi connectivity index (χ4v) is 2.92. The summed E-state index contributed by atoms with van der Waals surface area (Å²) in [5.41, 5.74) is 3.37. The Morgan fingerprint density at radius 3 is 2.72 bits per heavy atom. The van der Waals surface area contributed by atoms with Gasteiger partial charge in [0.15, 0.2) is 0 Å². The van der Waals surface area contributed by atoms with Crippen molar-refractivity contribution in [1.82, 2.24) is 5.32 Å². The third kappa shape index (κ3) is 5.87. The minimum Gasteiger partial charge on any atom is -0.497 e. The number of hydrogen-bond donors (Lipinski definition) is 2. The Hall–Kier alpha value is -1.85. The summed E-state index contributed by atoms with van der Waals surface area (Å²) in [6.07, 6.45) is 8.35. The molecule has 5 heteroatoms. The molecule has 0 radical (unpaired) electrons. The number of rotatable bonds is 8. The first-order valence-corrected chi connectivity index (χ1v) is 9.20. The summed E-state index contributed by atoms with van der Waals surface area (Å²) < 4.78 is 5.20. The van der Waals surface area contributed by atoms with Gasteiger partial charge in [0, 0.05) is 12.6 Å². The Morgan fingerprint density at radius 1 is 1.24 bits per heavy atom. The van der Waals surface area contributed by atoms with Crippen LogP contribution in [0.1, 0.15) is 44.1 Å². The Kier molecular flexibility index (Phi) is 6.48. The first-order valence-electron chi connectivity index (χ1n) is 9.20. The molecule has 0 aromatic heterocycles. The summed E-state index contributed by atoms with van der Waals surface area (Å²) in [5.74, 6) is 0.858. The van der Waals surface area contributed by atoms with Gasteiger partial charge in [0.1, 0.15) is 18.5 Å². The number of oxime groups is 1. The summed E-state index contributed by atoms with van der Waals surface area (Å²) in [4.78, 5) is 5.43. The summed E-state index contributed by atoms with van der Waals surface area (Å²) >= 11 is 0. The highest BCUT2D eigenvalue weighted by Crippen LogP contribution is 2.24. The summed E-state index contributed by atoms with van der Waals surface area (Å²) in [7, 11) is 1.67. The molecule has 25 heavy (non-hydrogen) atoms. The van der Waals surface area contributed by atoms with Gasteiger partial charge in [-0.15, -0.1) is 0 Å². The van der Waals surface area contributed by atoms with Crippen molar-refractivity contribution in [3.8, 4) is 5.75 Å². The molecule has 0 saturated heterocycles. The van der Waals surface area contributed by atoms with E-state index in [-0.39, 0.29) is 6.61 Å². The Morgan fingerprint density at radius 2 is 2.00 bits per heavy atom. The number of allylic oxidation sites excluding steroid dienone is 1. The van der Waals surface area contributed by atoms with Crippen LogP contribution in [0.3, 0.4) is 0 Å². The van der Waals surface area contributed by atoms with E-state index in [1.807, 2.05) is 24.3 Å². The molecule has 1 atom stereocenters. The van der Waals surface area contributed by atoms with Crippen molar-refractivity contribution in [2.75, 3.05) is 20.3 Å². The number of nitrogens with one attached hydrogen (secondary N) is 1. The van der Waals surface area contributed by atoms with Crippen molar-refractivity contribution in [3.63, 3.8) is 0 Å². The van der Waals surface area contributed by atoms with E-state index in [1.54, 1.807) is 7.11 Å². The standard InChI is InChI=1S/C20H28N2O3/c1-24-19-10-6-15(7-11-19)12-16-4-2-3-5-20(16)22-25-14-18(23)13-21-17-8-9-17/h6-7,10-12,17-18,21,23H,2-5,8-9,13-14H2,1H3/b16-12+,22-20+/t18-/m0/s1. The number of ether oxygens (including phenoxy) is 1. The van der Waals surface area contributed by atoms with E-state index >= 15 is 0 Å². The molecule has 0 spiro atoms. The molecule has 5 nitrogen and oxygen atoms in total. The van der Waals surface area contributed by atoms with E-state index in [1.165, 1.54) is 24.8 Å². The van der Waals surface area contributed by atoms with Crippen LogP contribution < -0.4 is 10.1 Å². The van der Waals surface area contributed by atoms with Gasteiger partial charge >= 0.3 is 0 Å². The zero-order valence-electron chi connectivity index (χ0n) is 14.9. The summed E-state index contributed by atoms with van der Waals surface area (Å²) in [6, 6.07) is 8.62. The van der Waals surface area contributed by atoms with Crippen molar-refractivity contribution in [1.29, 1.82) is 0 Å². The van der Waals surface area contributed by atoms with Crippen molar-refractivity contribution in [2.24, 2.45) is 5.16 Å². The average molecular weight is 344 g/mol. The van der Waals surface area contributed by atoms with Crippen LogP contribution >= 0.6 is 0 Å². The van der Waals surface area contributed by atoms with E-state index in [0.29, 0.717) is 12.6 Å². The molecule has 2 aliphatic carbocycles. The van der Waals surface area contributed by atoms with Crippen LogP contribution in [0, 0.1) is 0 Å². The van der Waals surface area contributed by atoms with E-state index in [4.69, 9.17) is 9.57 Å². The molecule has 1 aromatic rings. The maximum Gasteiger partial charge on any atom is 0.144 e. The van der Waals surface area contributed by atoms with E-state index in [2.05, 4.69) is 16.5 Å². The second kappa shape index (κ2) is 9.02. The lowest BCUT2D eigenvalue weighted by Gasteiger charge is -2.17. The lowest BCUT2D eigenvalue weighted by Crippen LogP contribution is -2.31. The molecule has 136 valence electrons. The fourth-order valence-electron chi connectivity index (χ4n) is 2.92. The van der Waals surface area contributed by atoms with Crippen molar-refractivity contribution in [2.45, 2.75) is 50.7 Å². The van der Waals surface area contributed by atoms with E-state index in [0.717, 1.165) is 36.3 Å². The highest BCUT2D eigenvalue weighted by atomic mass is 16.6. The molecular weight excluding hydrogens is 316 g/mol. The number of benzene rings is 1. The number of aliphatic hydroxyl groups is 1. The lowest BCUT2D eigenvalue weighted by atomic mass is 9.91. The predicted octanol–water partition coefficient (Wildman–Crippen LogP) is 3.14. The van der Waals surface area contributed by atoms with E-state index in [9.17, 15) is 5.11 Å². The minimum atomic E-state index is -0.512. The summed E-state index contributed by atoms with van der Waals surface area (Å²) in [6.45, 7) is 0.809. The maximum atomic E-state index is 9.92. The molecule has 2 saturated carbocycles. The number of methoxy groups -OCH3 is 1. The quantitative estimate of drug-likeness (QED) is 0.711. The van der Waals surface area contributed by atoms with Crippen LogP contribution in [-0.2, 0) is 4.84 Å². The third-order valence-electron chi connectivity index (χ3n) is 4.60. The molecule has 2 N–H and O–H groups in total. The van der Waals surface area contributed by atoms with Crippen molar-refractivity contribution >= 4 is 11.8 Å². The normalized spacial score (nSPS) is 22.2. The van der Waals surface area contributed by atoms with Crippen LogP contribution in [0.15, 0.2) is 35.0 Å². The van der Waals surface area contributed by atoms with Crippen LogP contribution in [0.2, 0.25) is 0 Å². The highest BCUT2D eigenvalue weighted by Gasteiger charge is 2.21. The second-order valence-corrected chi connectivity index (χ2v) is 6.82. The number of aliphatic hydroxyl groups excluding tert-OH is 1. The first kappa shape index (κ1) is 18.0. The van der Waals surface area contributed by atoms with Crippen LogP contribution in [0.4, 0.5) is 0 Å². The topological polar surface area (TPSA) is 63.1 Å². The molecule has 1 aromatic carbocycles. The van der Waals surface area contributed by atoms with Gasteiger partial charge in [0.2, 0.25) is 0 Å². The molecule has 0 unspecified atom stereocenters. The van der Waals surface area contributed by atoms with Gasteiger partial charge in [-0.3, -0.25) is 0 Å². The smallest absolute Gasteiger partial charge is 0.144 e. The molecule has 2 fully saturated rings. The fraction of sp³-hybridized carbons (Fsp3) is 0.550. The first-order chi connectivity index (χ1) is 12.2. The third-order valence-corrected chi connectivity index (χ3v) is 4.60. The second-order valence-electron chi connectivity index (χ2n) is 6.82. The van der Waals surface area contributed by atoms with Gasteiger partial charge in [-0.2, -0.15) is 0 Å². The summed E-state index contributed by atoms with van der Waals surface area (Å²) in [5, 5.41) is 17.5. The molecule has 3 rings (SSSR count). The van der Waals surface area contributed by atoms with Gasteiger partial charge < -0.3 is 20.0 Å². The van der Waals surface area contributed by atoms with Crippen LogP contribution in [0.5, 0.6) is 5.75 Å². The Labute approximate surface area is 149 Å².